The summed E-state index contributed by atoms with van der Waals surface area (Å²) in [5, 5.41) is 3.36. The number of hydrogen-bond donors (Lipinski definition) is 1. The van der Waals surface area contributed by atoms with E-state index >= 15 is 0 Å². The maximum atomic E-state index is 5.73. The van der Waals surface area contributed by atoms with Crippen molar-refractivity contribution in [3.63, 3.8) is 0 Å². The highest BCUT2D eigenvalue weighted by Crippen LogP contribution is 2.30. The molecule has 1 unspecified atom stereocenters. The van der Waals surface area contributed by atoms with E-state index in [0.717, 1.165) is 19.8 Å². The molecular weight excluding hydrogens is 228 g/mol. The standard InChI is InChI=1S/C14H28N2O2/c1-15-10-14(6-3-9-18-12-14)11-16-7-4-13(17-2)5-8-16/h13,15H,3-12H2,1-2H3. The molecule has 0 aromatic carbocycles. The van der Waals surface area contributed by atoms with Gasteiger partial charge in [0.15, 0.2) is 0 Å². The van der Waals surface area contributed by atoms with E-state index < -0.39 is 0 Å². The minimum absolute atomic E-state index is 0.326. The van der Waals surface area contributed by atoms with Crippen LogP contribution in [0.2, 0.25) is 0 Å². The molecule has 2 rings (SSSR count). The molecule has 2 fully saturated rings. The van der Waals surface area contributed by atoms with Crippen molar-refractivity contribution in [1.29, 1.82) is 0 Å². The van der Waals surface area contributed by atoms with Crippen LogP contribution in [-0.4, -0.2) is 64.6 Å². The van der Waals surface area contributed by atoms with Crippen LogP contribution in [0.4, 0.5) is 0 Å². The third kappa shape index (κ3) is 3.67. The molecule has 0 spiro atoms. The van der Waals surface area contributed by atoms with E-state index in [1.165, 1.54) is 45.3 Å². The van der Waals surface area contributed by atoms with Crippen molar-refractivity contribution < 1.29 is 9.47 Å². The molecule has 0 radical (unpaired) electrons. The van der Waals surface area contributed by atoms with Gasteiger partial charge in [-0.25, -0.2) is 0 Å². The van der Waals surface area contributed by atoms with Gasteiger partial charge >= 0.3 is 0 Å². The molecule has 2 saturated heterocycles. The lowest BCUT2D eigenvalue weighted by Crippen LogP contribution is -2.50. The minimum Gasteiger partial charge on any atom is -0.381 e. The van der Waals surface area contributed by atoms with Gasteiger partial charge in [-0.3, -0.25) is 0 Å². The van der Waals surface area contributed by atoms with Gasteiger partial charge in [0.2, 0.25) is 0 Å². The summed E-state index contributed by atoms with van der Waals surface area (Å²) in [5.74, 6) is 0. The van der Waals surface area contributed by atoms with Crippen LogP contribution in [0.25, 0.3) is 0 Å². The summed E-state index contributed by atoms with van der Waals surface area (Å²) in [7, 11) is 3.88. The third-order valence-electron chi connectivity index (χ3n) is 4.38. The lowest BCUT2D eigenvalue weighted by atomic mass is 9.81. The fourth-order valence-electron chi connectivity index (χ4n) is 3.38. The first kappa shape index (κ1) is 14.3. The van der Waals surface area contributed by atoms with Crippen LogP contribution >= 0.6 is 0 Å². The Balaban J connectivity index is 1.85. The number of nitrogens with one attached hydrogen (secondary N) is 1. The maximum Gasteiger partial charge on any atom is 0.0595 e. The Morgan fingerprint density at radius 3 is 2.72 bits per heavy atom. The Morgan fingerprint density at radius 1 is 1.39 bits per heavy atom. The van der Waals surface area contributed by atoms with E-state index in [4.69, 9.17) is 9.47 Å². The molecule has 0 amide bonds. The monoisotopic (exact) mass is 256 g/mol. The van der Waals surface area contributed by atoms with E-state index in [-0.39, 0.29) is 0 Å². The molecule has 4 heteroatoms. The van der Waals surface area contributed by atoms with E-state index in [1.54, 1.807) is 0 Å². The van der Waals surface area contributed by atoms with Crippen LogP contribution in [0, 0.1) is 5.41 Å². The highest BCUT2D eigenvalue weighted by atomic mass is 16.5. The molecule has 18 heavy (non-hydrogen) atoms. The number of likely N-dealkylation sites (tertiary alicyclic amines) is 1. The smallest absolute Gasteiger partial charge is 0.0595 e. The van der Waals surface area contributed by atoms with E-state index in [2.05, 4.69) is 10.2 Å². The summed E-state index contributed by atoms with van der Waals surface area (Å²) in [5.41, 5.74) is 0.326. The third-order valence-corrected chi connectivity index (χ3v) is 4.38. The number of methoxy groups -OCH3 is 1. The minimum atomic E-state index is 0.326. The fraction of sp³-hybridized carbons (Fsp3) is 1.00. The highest BCUT2D eigenvalue weighted by Gasteiger charge is 2.35. The zero-order valence-corrected chi connectivity index (χ0v) is 11.9. The van der Waals surface area contributed by atoms with Crippen molar-refractivity contribution in [2.24, 2.45) is 5.41 Å². The zero-order valence-electron chi connectivity index (χ0n) is 11.9. The van der Waals surface area contributed by atoms with Crippen molar-refractivity contribution in [2.75, 3.05) is 53.6 Å². The van der Waals surface area contributed by atoms with Gasteiger partial charge in [-0.1, -0.05) is 0 Å². The molecule has 1 atom stereocenters. The summed E-state index contributed by atoms with van der Waals surface area (Å²) in [6.45, 7) is 6.44. The van der Waals surface area contributed by atoms with Crippen LogP contribution < -0.4 is 5.32 Å². The molecule has 2 aliphatic heterocycles. The second kappa shape index (κ2) is 6.85. The van der Waals surface area contributed by atoms with Gasteiger partial charge < -0.3 is 19.7 Å². The topological polar surface area (TPSA) is 33.7 Å². The molecule has 106 valence electrons. The number of nitrogens with zero attached hydrogens (tertiary/aromatic N) is 1. The Kier molecular flexibility index (Phi) is 5.42. The van der Waals surface area contributed by atoms with Crippen LogP contribution in [0.1, 0.15) is 25.7 Å². The molecule has 1 N–H and O–H groups in total. The summed E-state index contributed by atoms with van der Waals surface area (Å²) >= 11 is 0. The van der Waals surface area contributed by atoms with Gasteiger partial charge in [0.05, 0.1) is 12.7 Å². The highest BCUT2D eigenvalue weighted by molar-refractivity contribution is 4.88. The lowest BCUT2D eigenvalue weighted by Gasteiger charge is -2.42. The SMILES string of the molecule is CNCC1(CN2CCC(OC)CC2)CCCOC1. The second-order valence-corrected chi connectivity index (χ2v) is 5.90. The maximum absolute atomic E-state index is 5.73. The van der Waals surface area contributed by atoms with E-state index in [1.807, 2.05) is 14.2 Å². The molecule has 0 aromatic heterocycles. The Morgan fingerprint density at radius 2 is 2.17 bits per heavy atom. The molecule has 2 heterocycles. The first-order chi connectivity index (χ1) is 8.78. The van der Waals surface area contributed by atoms with Gasteiger partial charge in [-0.05, 0) is 32.7 Å². The molecule has 0 saturated carbocycles. The van der Waals surface area contributed by atoms with Crippen molar-refractivity contribution in [2.45, 2.75) is 31.8 Å². The Labute approximate surface area is 111 Å². The number of rotatable bonds is 5. The van der Waals surface area contributed by atoms with Crippen LogP contribution in [-0.2, 0) is 9.47 Å². The van der Waals surface area contributed by atoms with Crippen LogP contribution in [0.5, 0.6) is 0 Å². The molecular formula is C14H28N2O2. The van der Waals surface area contributed by atoms with Gasteiger partial charge in [-0.15, -0.1) is 0 Å². The average Bonchev–Trinajstić information content (AvgIpc) is 2.41. The normalized spacial score (nSPS) is 31.7. The van der Waals surface area contributed by atoms with Crippen LogP contribution in [0.3, 0.4) is 0 Å². The summed E-state index contributed by atoms with van der Waals surface area (Å²) < 4.78 is 11.2. The first-order valence-electron chi connectivity index (χ1n) is 7.25. The molecule has 0 aliphatic carbocycles. The lowest BCUT2D eigenvalue weighted by molar-refractivity contribution is -0.0375. The first-order valence-corrected chi connectivity index (χ1v) is 7.25. The molecule has 2 aliphatic rings. The van der Waals surface area contributed by atoms with E-state index in [0.29, 0.717) is 11.5 Å². The molecule has 4 nitrogen and oxygen atoms in total. The van der Waals surface area contributed by atoms with Gasteiger partial charge in [0.25, 0.3) is 0 Å². The quantitative estimate of drug-likeness (QED) is 0.799. The summed E-state index contributed by atoms with van der Waals surface area (Å²) in [4.78, 5) is 2.60. The van der Waals surface area contributed by atoms with Crippen molar-refractivity contribution >= 4 is 0 Å². The predicted octanol–water partition coefficient (Wildman–Crippen LogP) is 1.11. The van der Waals surface area contributed by atoms with Gasteiger partial charge in [0.1, 0.15) is 0 Å². The largest absolute Gasteiger partial charge is 0.381 e. The number of piperidine rings is 1. The molecule has 0 aromatic rings. The predicted molar refractivity (Wildman–Crippen MR) is 72.9 cm³/mol. The Bertz CT molecular complexity index is 228. The number of hydrogen-bond acceptors (Lipinski definition) is 4. The molecule has 0 bridgehead atoms. The van der Waals surface area contributed by atoms with E-state index in [9.17, 15) is 0 Å². The van der Waals surface area contributed by atoms with Crippen molar-refractivity contribution in [3.8, 4) is 0 Å². The van der Waals surface area contributed by atoms with Crippen LogP contribution in [0.15, 0.2) is 0 Å². The average molecular weight is 256 g/mol. The second-order valence-electron chi connectivity index (χ2n) is 5.90. The summed E-state index contributed by atoms with van der Waals surface area (Å²) in [6, 6.07) is 0. The summed E-state index contributed by atoms with van der Waals surface area (Å²) in [6.07, 6.45) is 5.32. The van der Waals surface area contributed by atoms with Crippen molar-refractivity contribution in [1.82, 2.24) is 10.2 Å². The van der Waals surface area contributed by atoms with Crippen molar-refractivity contribution in [3.05, 3.63) is 0 Å². The number of ether oxygens (including phenoxy) is 2. The zero-order chi connectivity index (χ0) is 12.8. The van der Waals surface area contributed by atoms with Gasteiger partial charge in [0, 0.05) is 45.3 Å². The Hall–Kier alpha value is -0.160. The van der Waals surface area contributed by atoms with Gasteiger partial charge in [-0.2, -0.15) is 0 Å². The fourth-order valence-corrected chi connectivity index (χ4v) is 3.38.